The summed E-state index contributed by atoms with van der Waals surface area (Å²) in [6, 6.07) is 8.04. The van der Waals surface area contributed by atoms with Gasteiger partial charge in [-0.05, 0) is 51.8 Å². The Morgan fingerprint density at radius 3 is 1.95 bits per heavy atom. The average molecular weight is 676 g/mol. The highest BCUT2D eigenvalue weighted by molar-refractivity contribution is 9.10. The number of ether oxygens (including phenoxy) is 1. The van der Waals surface area contributed by atoms with Gasteiger partial charge in [0.05, 0.1) is 21.2 Å². The van der Waals surface area contributed by atoms with Gasteiger partial charge in [0, 0.05) is 30.1 Å². The standard InChI is InChI=1S/C26H19BrF9NO3S/c27-19-10-16(8-9-22(19)30)41(38,39)23-12-37-11-17(23)14-4-6-15(7-5-14)24(25(31,32)33,26(34,35)36)40-13-18-20(28)2-1-3-21(18)29/h1-10,17,23,37H,11-13H2/t17-,23+/m0/s1. The topological polar surface area (TPSA) is 55.4 Å². The predicted octanol–water partition coefficient (Wildman–Crippen LogP) is 6.93. The van der Waals surface area contributed by atoms with Crippen molar-refractivity contribution in [2.24, 2.45) is 0 Å². The van der Waals surface area contributed by atoms with Gasteiger partial charge in [-0.25, -0.2) is 21.6 Å². The summed E-state index contributed by atoms with van der Waals surface area (Å²) in [6.07, 6.45) is -12.2. The third-order valence-electron chi connectivity index (χ3n) is 6.82. The lowest BCUT2D eigenvalue weighted by Crippen LogP contribution is -2.55. The van der Waals surface area contributed by atoms with Gasteiger partial charge in [0.25, 0.3) is 5.60 Å². The molecule has 3 aromatic rings. The Hall–Kier alpha value is -2.62. The minimum Gasteiger partial charge on any atom is -0.349 e. The minimum atomic E-state index is -6.12. The van der Waals surface area contributed by atoms with Gasteiger partial charge in [0.2, 0.25) is 0 Å². The zero-order chi connectivity index (χ0) is 30.4. The molecule has 0 amide bonds. The van der Waals surface area contributed by atoms with Crippen LogP contribution < -0.4 is 5.32 Å². The lowest BCUT2D eigenvalue weighted by Gasteiger charge is -2.37. The maximum absolute atomic E-state index is 14.2. The van der Waals surface area contributed by atoms with Crippen LogP contribution in [0, 0.1) is 17.5 Å². The molecule has 1 aliphatic heterocycles. The van der Waals surface area contributed by atoms with Gasteiger partial charge in [-0.2, -0.15) is 26.3 Å². The van der Waals surface area contributed by atoms with E-state index < -0.39 is 74.1 Å². The molecule has 1 fully saturated rings. The molecule has 1 N–H and O–H groups in total. The number of alkyl halides is 6. The van der Waals surface area contributed by atoms with E-state index in [0.29, 0.717) is 24.3 Å². The van der Waals surface area contributed by atoms with E-state index in [1.54, 1.807) is 0 Å². The maximum Gasteiger partial charge on any atom is 0.430 e. The molecule has 3 aromatic carbocycles. The number of halogens is 10. The molecule has 41 heavy (non-hydrogen) atoms. The number of rotatable bonds is 7. The molecule has 4 rings (SSSR count). The van der Waals surface area contributed by atoms with E-state index in [2.05, 4.69) is 26.0 Å². The van der Waals surface area contributed by atoms with Gasteiger partial charge in [-0.3, -0.25) is 0 Å². The van der Waals surface area contributed by atoms with E-state index in [1.165, 1.54) is 0 Å². The van der Waals surface area contributed by atoms with Crippen LogP contribution in [-0.4, -0.2) is 39.1 Å². The van der Waals surface area contributed by atoms with Crippen LogP contribution in [-0.2, 0) is 26.8 Å². The lowest BCUT2D eigenvalue weighted by molar-refractivity contribution is -0.392. The van der Waals surface area contributed by atoms with Crippen LogP contribution in [0.5, 0.6) is 0 Å². The molecule has 1 heterocycles. The average Bonchev–Trinajstić information content (AvgIpc) is 3.37. The molecule has 1 saturated heterocycles. The van der Waals surface area contributed by atoms with Gasteiger partial charge in [-0.15, -0.1) is 0 Å². The Bertz CT molecular complexity index is 1490. The SMILES string of the molecule is O=S(=O)(c1ccc(F)c(Br)c1)[C@@H]1CNC[C@H]1c1ccc(C(OCc2c(F)cccc2F)(C(F)(F)F)C(F)(F)F)cc1. The van der Waals surface area contributed by atoms with Gasteiger partial charge in [0.15, 0.2) is 9.84 Å². The van der Waals surface area contributed by atoms with Gasteiger partial charge >= 0.3 is 12.4 Å². The summed E-state index contributed by atoms with van der Waals surface area (Å²) < 4.78 is 157. The van der Waals surface area contributed by atoms with Crippen LogP contribution in [0.2, 0.25) is 0 Å². The first kappa shape index (κ1) is 31.3. The molecular formula is C26H19BrF9NO3S. The highest BCUT2D eigenvalue weighted by Gasteiger charge is 2.73. The molecule has 0 radical (unpaired) electrons. The van der Waals surface area contributed by atoms with Gasteiger partial charge in [0.1, 0.15) is 17.5 Å². The molecule has 1 aliphatic rings. The number of sulfone groups is 1. The van der Waals surface area contributed by atoms with E-state index in [1.807, 2.05) is 0 Å². The summed E-state index contributed by atoms with van der Waals surface area (Å²) in [4.78, 5) is -0.233. The molecule has 0 bridgehead atoms. The summed E-state index contributed by atoms with van der Waals surface area (Å²) >= 11 is 2.91. The van der Waals surface area contributed by atoms with Gasteiger partial charge in [-0.1, -0.05) is 30.3 Å². The molecule has 0 spiro atoms. The third kappa shape index (κ3) is 5.73. The van der Waals surface area contributed by atoms with Crippen molar-refractivity contribution in [3.05, 3.63) is 99.3 Å². The molecule has 222 valence electrons. The third-order valence-corrected chi connectivity index (χ3v) is 9.63. The van der Waals surface area contributed by atoms with Crippen molar-refractivity contribution in [1.82, 2.24) is 5.32 Å². The minimum absolute atomic E-state index is 0.0261. The zero-order valence-electron chi connectivity index (χ0n) is 20.5. The van der Waals surface area contributed by atoms with Crippen molar-refractivity contribution >= 4 is 25.8 Å². The molecule has 0 unspecified atom stereocenters. The monoisotopic (exact) mass is 675 g/mol. The summed E-state index contributed by atoms with van der Waals surface area (Å²) in [5.41, 5.74) is -7.41. The second-order valence-corrected chi connectivity index (χ2v) is 12.2. The normalized spacial score (nSPS) is 18.6. The van der Waals surface area contributed by atoms with Crippen molar-refractivity contribution in [3.8, 4) is 0 Å². The summed E-state index contributed by atoms with van der Waals surface area (Å²) in [7, 11) is -4.12. The largest absolute Gasteiger partial charge is 0.430 e. The van der Waals surface area contributed by atoms with E-state index >= 15 is 0 Å². The smallest absolute Gasteiger partial charge is 0.349 e. The van der Waals surface area contributed by atoms with Crippen molar-refractivity contribution in [3.63, 3.8) is 0 Å². The Labute approximate surface area is 236 Å². The molecule has 4 nitrogen and oxygen atoms in total. The second kappa shape index (κ2) is 11.2. The van der Waals surface area contributed by atoms with Crippen LogP contribution in [0.15, 0.2) is 70.0 Å². The van der Waals surface area contributed by atoms with E-state index in [4.69, 9.17) is 0 Å². The number of benzene rings is 3. The zero-order valence-corrected chi connectivity index (χ0v) is 22.9. The van der Waals surface area contributed by atoms with Crippen LogP contribution in [0.4, 0.5) is 39.5 Å². The van der Waals surface area contributed by atoms with Gasteiger partial charge < -0.3 is 10.1 Å². The highest BCUT2D eigenvalue weighted by atomic mass is 79.9. The molecular weight excluding hydrogens is 657 g/mol. The van der Waals surface area contributed by atoms with Crippen molar-refractivity contribution < 1.29 is 52.7 Å². The maximum atomic E-state index is 14.2. The Balaban J connectivity index is 1.72. The molecule has 0 aliphatic carbocycles. The first-order chi connectivity index (χ1) is 19.0. The van der Waals surface area contributed by atoms with E-state index in [9.17, 15) is 47.9 Å². The fourth-order valence-corrected chi connectivity index (χ4v) is 7.14. The number of hydrogen-bond donors (Lipinski definition) is 1. The van der Waals surface area contributed by atoms with Crippen molar-refractivity contribution in [1.29, 1.82) is 0 Å². The fourth-order valence-electron chi connectivity index (χ4n) is 4.69. The van der Waals surface area contributed by atoms with Crippen molar-refractivity contribution in [2.75, 3.05) is 13.1 Å². The quantitative estimate of drug-likeness (QED) is 0.218. The highest BCUT2D eigenvalue weighted by Crippen LogP contribution is 2.53. The Morgan fingerprint density at radius 2 is 1.41 bits per heavy atom. The predicted molar refractivity (Wildman–Crippen MR) is 132 cm³/mol. The Morgan fingerprint density at radius 1 is 0.829 bits per heavy atom. The number of hydrogen-bond acceptors (Lipinski definition) is 4. The fraction of sp³-hybridized carbons (Fsp3) is 0.308. The van der Waals surface area contributed by atoms with E-state index in [-0.39, 0.29) is 28.0 Å². The molecule has 0 saturated carbocycles. The summed E-state index contributed by atoms with van der Waals surface area (Å²) in [6.45, 7) is -1.76. The second-order valence-electron chi connectivity index (χ2n) is 9.21. The Kier molecular flexibility index (Phi) is 8.58. The number of nitrogens with one attached hydrogen (secondary N) is 1. The van der Waals surface area contributed by atoms with E-state index in [0.717, 1.165) is 36.4 Å². The molecule has 15 heteroatoms. The van der Waals surface area contributed by atoms with Crippen molar-refractivity contribution in [2.45, 2.75) is 40.6 Å². The van der Waals surface area contributed by atoms with Crippen LogP contribution in [0.25, 0.3) is 0 Å². The molecule has 2 atom stereocenters. The lowest BCUT2D eigenvalue weighted by atomic mass is 9.88. The molecule has 0 aromatic heterocycles. The van der Waals surface area contributed by atoms with Crippen LogP contribution in [0.3, 0.4) is 0 Å². The van der Waals surface area contributed by atoms with Crippen LogP contribution in [0.1, 0.15) is 22.6 Å². The summed E-state index contributed by atoms with van der Waals surface area (Å²) in [5.74, 6) is -4.39. The first-order valence-electron chi connectivity index (χ1n) is 11.7. The summed E-state index contributed by atoms with van der Waals surface area (Å²) in [5, 5.41) is 1.66. The first-order valence-corrected chi connectivity index (χ1v) is 14.0. The van der Waals surface area contributed by atoms with Crippen LogP contribution >= 0.6 is 15.9 Å².